The number of carbonyl (C=O) groups excluding carboxylic acids is 2. The van der Waals surface area contributed by atoms with E-state index in [1.54, 1.807) is 25.3 Å². The minimum absolute atomic E-state index is 0.258. The fraction of sp³-hybridized carbons (Fsp3) is 0.364. The van der Waals surface area contributed by atoms with Crippen molar-refractivity contribution in [3.63, 3.8) is 0 Å². The summed E-state index contributed by atoms with van der Waals surface area (Å²) in [5.74, 6) is 0.703. The molecule has 1 atom stereocenters. The molecule has 2 aromatic rings. The molecule has 156 valence electrons. The highest BCUT2D eigenvalue weighted by Gasteiger charge is 2.16. The Balaban J connectivity index is 1.93. The molecule has 0 unspecified atom stereocenters. The lowest BCUT2D eigenvalue weighted by molar-refractivity contribution is -0.124. The van der Waals surface area contributed by atoms with E-state index in [0.29, 0.717) is 30.5 Å². The molecule has 7 nitrogen and oxygen atoms in total. The maximum Gasteiger partial charge on any atom is 0.338 e. The van der Waals surface area contributed by atoms with Crippen LogP contribution in [-0.2, 0) is 9.53 Å². The minimum atomic E-state index is -0.613. The molecular formula is C22H27NO6. The Morgan fingerprint density at radius 3 is 2.41 bits per heavy atom. The summed E-state index contributed by atoms with van der Waals surface area (Å²) in [7, 11) is 1.58. The average Bonchev–Trinajstić information content (AvgIpc) is 2.73. The molecule has 0 radical (unpaired) electrons. The normalized spacial score (nSPS) is 11.3. The van der Waals surface area contributed by atoms with Crippen LogP contribution in [0.25, 0.3) is 0 Å². The molecule has 7 heteroatoms. The summed E-state index contributed by atoms with van der Waals surface area (Å²) in [5.41, 5.74) is 1.17. The zero-order valence-electron chi connectivity index (χ0n) is 17.2. The van der Waals surface area contributed by atoms with Crippen molar-refractivity contribution in [1.29, 1.82) is 0 Å². The van der Waals surface area contributed by atoms with Crippen LogP contribution in [0.15, 0.2) is 42.5 Å². The van der Waals surface area contributed by atoms with Gasteiger partial charge in [-0.2, -0.15) is 0 Å². The molecule has 0 aliphatic carbocycles. The first-order valence-corrected chi connectivity index (χ1v) is 9.48. The van der Waals surface area contributed by atoms with Gasteiger partial charge in [-0.3, -0.25) is 4.79 Å². The first-order valence-electron chi connectivity index (χ1n) is 9.48. The molecule has 1 N–H and O–H groups in total. The predicted molar refractivity (Wildman–Crippen MR) is 109 cm³/mol. The molecule has 1 amide bonds. The van der Waals surface area contributed by atoms with E-state index in [2.05, 4.69) is 5.32 Å². The van der Waals surface area contributed by atoms with Gasteiger partial charge in [-0.25, -0.2) is 4.79 Å². The lowest BCUT2D eigenvalue weighted by Crippen LogP contribution is -2.31. The summed E-state index contributed by atoms with van der Waals surface area (Å²) < 4.78 is 21.3. The van der Waals surface area contributed by atoms with E-state index >= 15 is 0 Å². The maximum absolute atomic E-state index is 12.3. The lowest BCUT2D eigenvalue weighted by Gasteiger charge is -2.15. The predicted octanol–water partition coefficient (Wildman–Crippen LogP) is 3.53. The highest BCUT2D eigenvalue weighted by atomic mass is 16.5. The summed E-state index contributed by atoms with van der Waals surface area (Å²) in [6.45, 7) is 6.08. The average molecular weight is 401 g/mol. The second kappa shape index (κ2) is 10.9. The van der Waals surface area contributed by atoms with E-state index in [1.807, 2.05) is 45.0 Å². The Morgan fingerprint density at radius 1 is 1.00 bits per heavy atom. The molecule has 2 aromatic carbocycles. The van der Waals surface area contributed by atoms with E-state index in [1.165, 1.54) is 0 Å². The van der Waals surface area contributed by atoms with E-state index in [9.17, 15) is 9.59 Å². The van der Waals surface area contributed by atoms with E-state index in [-0.39, 0.29) is 18.2 Å². The third-order valence-electron chi connectivity index (χ3n) is 4.08. The highest BCUT2D eigenvalue weighted by molar-refractivity contribution is 5.92. The van der Waals surface area contributed by atoms with Crippen LogP contribution in [0.1, 0.15) is 42.7 Å². The zero-order valence-corrected chi connectivity index (χ0v) is 17.2. The highest BCUT2D eigenvalue weighted by Crippen LogP contribution is 2.28. The van der Waals surface area contributed by atoms with E-state index < -0.39 is 11.9 Å². The molecule has 0 bridgehead atoms. The van der Waals surface area contributed by atoms with Crippen LogP contribution in [0.5, 0.6) is 17.2 Å². The van der Waals surface area contributed by atoms with Crippen LogP contribution in [0, 0.1) is 0 Å². The fourth-order valence-electron chi connectivity index (χ4n) is 2.67. The number of hydrogen-bond donors (Lipinski definition) is 1. The van der Waals surface area contributed by atoms with Crippen molar-refractivity contribution in [3.05, 3.63) is 53.6 Å². The largest absolute Gasteiger partial charge is 0.497 e. The van der Waals surface area contributed by atoms with Crippen molar-refractivity contribution < 1.29 is 28.5 Å². The molecule has 0 heterocycles. The van der Waals surface area contributed by atoms with Crippen molar-refractivity contribution in [1.82, 2.24) is 5.32 Å². The van der Waals surface area contributed by atoms with Gasteiger partial charge in [-0.05, 0) is 56.7 Å². The smallest absolute Gasteiger partial charge is 0.338 e. The van der Waals surface area contributed by atoms with Crippen molar-refractivity contribution in [2.45, 2.75) is 26.8 Å². The van der Waals surface area contributed by atoms with Gasteiger partial charge in [-0.15, -0.1) is 0 Å². The molecule has 0 aliphatic rings. The van der Waals surface area contributed by atoms with E-state index in [4.69, 9.17) is 18.9 Å². The molecule has 0 aromatic heterocycles. The number of benzene rings is 2. The standard InChI is InChI=1S/C22H27NO6/c1-5-27-19-11-10-17(13-20(19)28-6-2)22(25)29-14-21(24)23-15(3)16-8-7-9-18(12-16)26-4/h7-13,15H,5-6,14H2,1-4H3,(H,23,24)/t15-/m0/s1. The molecule has 0 saturated carbocycles. The van der Waals surface area contributed by atoms with Gasteiger partial charge in [0.05, 0.1) is 31.9 Å². The van der Waals surface area contributed by atoms with Gasteiger partial charge in [0.15, 0.2) is 18.1 Å². The van der Waals surface area contributed by atoms with Crippen molar-refractivity contribution in [3.8, 4) is 17.2 Å². The third kappa shape index (κ3) is 6.41. The summed E-state index contributed by atoms with van der Waals surface area (Å²) in [6, 6.07) is 11.9. The summed E-state index contributed by atoms with van der Waals surface area (Å²) in [5, 5.41) is 2.80. The lowest BCUT2D eigenvalue weighted by atomic mass is 10.1. The molecule has 0 spiro atoms. The van der Waals surface area contributed by atoms with Crippen LogP contribution in [0.4, 0.5) is 0 Å². The van der Waals surface area contributed by atoms with Crippen molar-refractivity contribution in [2.75, 3.05) is 26.9 Å². The number of rotatable bonds is 10. The van der Waals surface area contributed by atoms with Crippen molar-refractivity contribution in [2.24, 2.45) is 0 Å². The first-order chi connectivity index (χ1) is 14.0. The van der Waals surface area contributed by atoms with Gasteiger partial charge in [0.1, 0.15) is 5.75 Å². The fourth-order valence-corrected chi connectivity index (χ4v) is 2.67. The number of ether oxygens (including phenoxy) is 4. The SMILES string of the molecule is CCOc1ccc(C(=O)OCC(=O)N[C@@H](C)c2cccc(OC)c2)cc1OCC. The van der Waals surface area contributed by atoms with Crippen LogP contribution >= 0.6 is 0 Å². The molecular weight excluding hydrogens is 374 g/mol. The Labute approximate surface area is 170 Å². The van der Waals surface area contributed by atoms with Crippen LogP contribution < -0.4 is 19.5 Å². The van der Waals surface area contributed by atoms with Crippen LogP contribution in [0.3, 0.4) is 0 Å². The Kier molecular flexibility index (Phi) is 8.33. The first kappa shape index (κ1) is 22.1. The number of carbonyl (C=O) groups is 2. The number of hydrogen-bond acceptors (Lipinski definition) is 6. The number of esters is 1. The molecule has 0 aliphatic heterocycles. The Hall–Kier alpha value is -3.22. The number of amides is 1. The number of methoxy groups -OCH3 is 1. The molecule has 0 saturated heterocycles. The van der Waals surface area contributed by atoms with Gasteiger partial charge >= 0.3 is 5.97 Å². The van der Waals surface area contributed by atoms with E-state index in [0.717, 1.165) is 5.56 Å². The van der Waals surface area contributed by atoms with Gasteiger partial charge in [0.25, 0.3) is 5.91 Å². The summed E-state index contributed by atoms with van der Waals surface area (Å²) in [6.07, 6.45) is 0. The van der Waals surface area contributed by atoms with Gasteiger partial charge in [0.2, 0.25) is 0 Å². The quantitative estimate of drug-likeness (QED) is 0.613. The second-order valence-electron chi connectivity index (χ2n) is 6.17. The number of nitrogens with one attached hydrogen (secondary N) is 1. The third-order valence-corrected chi connectivity index (χ3v) is 4.08. The Morgan fingerprint density at radius 2 is 1.72 bits per heavy atom. The molecule has 0 fully saturated rings. The molecule has 2 rings (SSSR count). The van der Waals surface area contributed by atoms with Gasteiger partial charge in [0, 0.05) is 0 Å². The van der Waals surface area contributed by atoms with Gasteiger partial charge < -0.3 is 24.3 Å². The minimum Gasteiger partial charge on any atom is -0.497 e. The van der Waals surface area contributed by atoms with Crippen LogP contribution in [0.2, 0.25) is 0 Å². The van der Waals surface area contributed by atoms with Crippen LogP contribution in [-0.4, -0.2) is 38.8 Å². The van der Waals surface area contributed by atoms with Crippen molar-refractivity contribution >= 4 is 11.9 Å². The van der Waals surface area contributed by atoms with Gasteiger partial charge in [-0.1, -0.05) is 12.1 Å². The summed E-state index contributed by atoms with van der Waals surface area (Å²) in [4.78, 5) is 24.5. The molecule has 29 heavy (non-hydrogen) atoms. The summed E-state index contributed by atoms with van der Waals surface area (Å²) >= 11 is 0. The zero-order chi connectivity index (χ0) is 21.2. The Bertz CT molecular complexity index is 836. The monoisotopic (exact) mass is 401 g/mol. The topological polar surface area (TPSA) is 83.1 Å². The second-order valence-corrected chi connectivity index (χ2v) is 6.17. The maximum atomic E-state index is 12.3.